The van der Waals surface area contributed by atoms with Crippen molar-refractivity contribution in [3.05, 3.63) is 65.9 Å². The summed E-state index contributed by atoms with van der Waals surface area (Å²) in [6.07, 6.45) is 2.72. The normalized spacial score (nSPS) is 19.6. The fourth-order valence-corrected chi connectivity index (χ4v) is 4.45. The first kappa shape index (κ1) is 19.5. The number of likely N-dealkylation sites (tertiary alicyclic amines) is 1. The van der Waals surface area contributed by atoms with Crippen LogP contribution in [0.4, 0.5) is 0 Å². The van der Waals surface area contributed by atoms with Gasteiger partial charge in [-0.3, -0.25) is 9.69 Å². The lowest BCUT2D eigenvalue weighted by molar-refractivity contribution is -0.121. The summed E-state index contributed by atoms with van der Waals surface area (Å²) in [7, 11) is 3.78. The predicted molar refractivity (Wildman–Crippen MR) is 116 cm³/mol. The minimum Gasteiger partial charge on any atom is -0.497 e. The van der Waals surface area contributed by atoms with Gasteiger partial charge in [0.1, 0.15) is 5.75 Å². The number of amides is 1. The quantitative estimate of drug-likeness (QED) is 0.697. The zero-order chi connectivity index (χ0) is 20.4. The maximum atomic E-state index is 12.2. The molecule has 1 fully saturated rings. The van der Waals surface area contributed by atoms with Crippen molar-refractivity contribution in [2.45, 2.75) is 31.8 Å². The van der Waals surface area contributed by atoms with Crippen LogP contribution < -0.4 is 10.1 Å². The van der Waals surface area contributed by atoms with Gasteiger partial charge in [0.25, 0.3) is 0 Å². The van der Waals surface area contributed by atoms with Gasteiger partial charge in [-0.2, -0.15) is 0 Å². The Bertz CT molecular complexity index is 996. The molecule has 2 aromatic carbocycles. The number of aromatic nitrogens is 1. The minimum atomic E-state index is 0.1000. The molecule has 0 bridgehead atoms. The van der Waals surface area contributed by atoms with E-state index in [0.29, 0.717) is 6.42 Å². The Labute approximate surface area is 172 Å². The van der Waals surface area contributed by atoms with Crippen LogP contribution in [0.3, 0.4) is 0 Å². The molecule has 2 atom stereocenters. The van der Waals surface area contributed by atoms with Crippen LogP contribution in [-0.2, 0) is 18.4 Å². The van der Waals surface area contributed by atoms with E-state index in [0.717, 1.165) is 25.4 Å². The van der Waals surface area contributed by atoms with Crippen molar-refractivity contribution in [3.63, 3.8) is 0 Å². The van der Waals surface area contributed by atoms with Gasteiger partial charge in [-0.05, 0) is 29.3 Å². The van der Waals surface area contributed by atoms with Crippen LogP contribution in [0.25, 0.3) is 10.9 Å². The summed E-state index contributed by atoms with van der Waals surface area (Å²) in [5.74, 6) is 1.21. The van der Waals surface area contributed by atoms with Crippen molar-refractivity contribution in [2.24, 2.45) is 7.05 Å². The fraction of sp³-hybridized carbons (Fsp3) is 0.375. The molecule has 0 radical (unpaired) electrons. The third-order valence-electron chi connectivity index (χ3n) is 5.94. The molecule has 29 heavy (non-hydrogen) atoms. The highest BCUT2D eigenvalue weighted by Gasteiger charge is 2.36. The number of aryl methyl sites for hydroxylation is 1. The Morgan fingerprint density at radius 2 is 1.97 bits per heavy atom. The predicted octanol–water partition coefficient (Wildman–Crippen LogP) is 3.68. The van der Waals surface area contributed by atoms with Gasteiger partial charge in [0.05, 0.1) is 7.11 Å². The average Bonchev–Trinajstić information content (AvgIpc) is 3.28. The molecule has 5 nitrogen and oxygen atoms in total. The number of benzene rings is 2. The maximum absolute atomic E-state index is 12.2. The molecule has 1 saturated heterocycles. The van der Waals surface area contributed by atoms with Crippen LogP contribution >= 0.6 is 0 Å². The Kier molecular flexibility index (Phi) is 5.58. The summed E-state index contributed by atoms with van der Waals surface area (Å²) in [5, 5.41) is 4.48. The minimum absolute atomic E-state index is 0.1000. The van der Waals surface area contributed by atoms with E-state index in [1.807, 2.05) is 19.1 Å². The van der Waals surface area contributed by atoms with Crippen molar-refractivity contribution >= 4 is 16.8 Å². The third kappa shape index (κ3) is 4.01. The number of carbonyl (C=O) groups excluding carboxylic acids is 1. The van der Waals surface area contributed by atoms with Crippen molar-refractivity contribution in [1.82, 2.24) is 14.8 Å². The number of methoxy groups -OCH3 is 1. The summed E-state index contributed by atoms with van der Waals surface area (Å²) in [6, 6.07) is 16.8. The number of carbonyl (C=O) groups is 1. The van der Waals surface area contributed by atoms with E-state index in [1.165, 1.54) is 22.0 Å². The summed E-state index contributed by atoms with van der Waals surface area (Å²) >= 11 is 0. The van der Waals surface area contributed by atoms with E-state index in [-0.39, 0.29) is 17.9 Å². The van der Waals surface area contributed by atoms with Gasteiger partial charge < -0.3 is 14.6 Å². The van der Waals surface area contributed by atoms with Crippen LogP contribution in [-0.4, -0.2) is 41.6 Å². The summed E-state index contributed by atoms with van der Waals surface area (Å²) in [6.45, 7) is 4.57. The molecular weight excluding hydrogens is 362 g/mol. The molecule has 1 amide bonds. The zero-order valence-corrected chi connectivity index (χ0v) is 17.4. The van der Waals surface area contributed by atoms with E-state index in [2.05, 4.69) is 64.4 Å². The number of hydrogen-bond acceptors (Lipinski definition) is 3. The molecule has 0 spiro atoms. The first-order valence-corrected chi connectivity index (χ1v) is 10.3. The molecule has 1 aliphatic rings. The highest BCUT2D eigenvalue weighted by molar-refractivity contribution is 5.86. The molecule has 0 saturated carbocycles. The van der Waals surface area contributed by atoms with Gasteiger partial charge in [-0.25, -0.2) is 0 Å². The second-order valence-electron chi connectivity index (χ2n) is 7.89. The van der Waals surface area contributed by atoms with Gasteiger partial charge in [-0.1, -0.05) is 37.3 Å². The summed E-state index contributed by atoms with van der Waals surface area (Å²) in [5.41, 5.74) is 3.76. The number of nitrogens with one attached hydrogen (secondary N) is 1. The van der Waals surface area contributed by atoms with E-state index in [1.54, 1.807) is 7.11 Å². The van der Waals surface area contributed by atoms with E-state index >= 15 is 0 Å². The third-order valence-corrected chi connectivity index (χ3v) is 5.94. The van der Waals surface area contributed by atoms with E-state index in [4.69, 9.17) is 4.74 Å². The Morgan fingerprint density at radius 3 is 2.69 bits per heavy atom. The van der Waals surface area contributed by atoms with Gasteiger partial charge >= 0.3 is 0 Å². The molecule has 3 aromatic rings. The zero-order valence-electron chi connectivity index (χ0n) is 17.4. The van der Waals surface area contributed by atoms with Gasteiger partial charge in [0.15, 0.2) is 0 Å². The second-order valence-corrected chi connectivity index (χ2v) is 7.89. The van der Waals surface area contributed by atoms with Crippen LogP contribution in [0.2, 0.25) is 0 Å². The van der Waals surface area contributed by atoms with Crippen LogP contribution in [0.15, 0.2) is 54.7 Å². The Morgan fingerprint density at radius 1 is 1.17 bits per heavy atom. The second kappa shape index (κ2) is 8.29. The standard InChI is InChI=1S/C24H29N3O2/c1-4-24(28)25-22-16-27(13-17-8-6-5-7-9-17)15-21(22)20-14-26(2)23-11-10-18(29-3)12-19(20)23/h5-12,14,21-22H,4,13,15-16H2,1-3H3,(H,25,28)/t21-,22+/m1/s1. The van der Waals surface area contributed by atoms with Crippen molar-refractivity contribution in [2.75, 3.05) is 20.2 Å². The van der Waals surface area contributed by atoms with Crippen LogP contribution in [0, 0.1) is 0 Å². The molecule has 0 aliphatic carbocycles. The lowest BCUT2D eigenvalue weighted by Crippen LogP contribution is -2.39. The molecule has 5 heteroatoms. The molecule has 1 aliphatic heterocycles. The molecule has 1 aromatic heterocycles. The monoisotopic (exact) mass is 391 g/mol. The Hall–Kier alpha value is -2.79. The number of ether oxygens (including phenoxy) is 1. The average molecular weight is 392 g/mol. The van der Waals surface area contributed by atoms with Crippen LogP contribution in [0.1, 0.15) is 30.4 Å². The maximum Gasteiger partial charge on any atom is 0.219 e. The highest BCUT2D eigenvalue weighted by Crippen LogP contribution is 2.36. The largest absolute Gasteiger partial charge is 0.497 e. The molecule has 1 N–H and O–H groups in total. The molecular formula is C24H29N3O2. The summed E-state index contributed by atoms with van der Waals surface area (Å²) in [4.78, 5) is 14.7. The summed E-state index contributed by atoms with van der Waals surface area (Å²) < 4.78 is 7.64. The van der Waals surface area contributed by atoms with Crippen molar-refractivity contribution in [3.8, 4) is 5.75 Å². The molecule has 0 unspecified atom stereocenters. The van der Waals surface area contributed by atoms with Gasteiger partial charge in [0, 0.05) is 62.2 Å². The number of fused-ring (bicyclic) bond motifs is 1. The number of hydrogen-bond donors (Lipinski definition) is 1. The number of rotatable bonds is 6. The smallest absolute Gasteiger partial charge is 0.219 e. The first-order valence-electron chi connectivity index (χ1n) is 10.3. The van der Waals surface area contributed by atoms with Gasteiger partial charge in [-0.15, -0.1) is 0 Å². The lowest BCUT2D eigenvalue weighted by Gasteiger charge is -2.19. The van der Waals surface area contributed by atoms with E-state index in [9.17, 15) is 4.79 Å². The van der Waals surface area contributed by atoms with Gasteiger partial charge in [0.2, 0.25) is 5.91 Å². The SMILES string of the molecule is CCC(=O)N[C@H]1CN(Cc2ccccc2)C[C@@H]1c1cn(C)c2ccc(OC)cc12. The Balaban J connectivity index is 1.67. The number of nitrogens with zero attached hydrogens (tertiary/aromatic N) is 2. The molecule has 152 valence electrons. The van der Waals surface area contributed by atoms with Crippen LogP contribution in [0.5, 0.6) is 5.75 Å². The molecule has 2 heterocycles. The van der Waals surface area contributed by atoms with Crippen molar-refractivity contribution in [1.29, 1.82) is 0 Å². The fourth-order valence-electron chi connectivity index (χ4n) is 4.45. The lowest BCUT2D eigenvalue weighted by atomic mass is 9.93. The highest BCUT2D eigenvalue weighted by atomic mass is 16.5. The first-order chi connectivity index (χ1) is 14.1. The van der Waals surface area contributed by atoms with Crippen molar-refractivity contribution < 1.29 is 9.53 Å². The molecule has 4 rings (SSSR count). The topological polar surface area (TPSA) is 46.5 Å². The van der Waals surface area contributed by atoms with E-state index < -0.39 is 0 Å².